The summed E-state index contributed by atoms with van der Waals surface area (Å²) in [5, 5.41) is 9.69. The zero-order valence-electron chi connectivity index (χ0n) is 13.7. The van der Waals surface area contributed by atoms with Gasteiger partial charge in [0.05, 0.1) is 23.7 Å². The van der Waals surface area contributed by atoms with Crippen LogP contribution in [0.5, 0.6) is 0 Å². The third-order valence-corrected chi connectivity index (χ3v) is 4.71. The van der Waals surface area contributed by atoms with Crippen molar-refractivity contribution in [1.29, 1.82) is 0 Å². The Morgan fingerprint density at radius 2 is 1.92 bits per heavy atom. The molecule has 0 aliphatic carbocycles. The fraction of sp³-hybridized carbons (Fsp3) is 0.333. The highest BCUT2D eigenvalue weighted by Crippen LogP contribution is 2.37. The number of hydrogen-bond acceptors (Lipinski definition) is 4. The van der Waals surface area contributed by atoms with Crippen LogP contribution >= 0.6 is 0 Å². The Hall–Kier alpha value is -2.67. The summed E-state index contributed by atoms with van der Waals surface area (Å²) < 4.78 is 13.2. The molecule has 2 aliphatic heterocycles. The lowest BCUT2D eigenvalue weighted by atomic mass is 10.2. The average molecular weight is 342 g/mol. The fourth-order valence-electron chi connectivity index (χ4n) is 3.43. The first kappa shape index (κ1) is 15.8. The summed E-state index contributed by atoms with van der Waals surface area (Å²) in [6, 6.07) is 8.02. The molecule has 0 bridgehead atoms. The van der Waals surface area contributed by atoms with Gasteiger partial charge in [0.1, 0.15) is 5.82 Å². The highest BCUT2D eigenvalue weighted by Gasteiger charge is 2.33. The monoisotopic (exact) mass is 342 g/mol. The number of carbonyl (C=O) groups excluding carboxylic acids is 1. The van der Waals surface area contributed by atoms with Crippen molar-refractivity contribution in [3.63, 3.8) is 0 Å². The van der Waals surface area contributed by atoms with Crippen LogP contribution < -0.4 is 9.80 Å². The summed E-state index contributed by atoms with van der Waals surface area (Å²) in [5.74, 6) is -0.281. The first-order valence-electron chi connectivity index (χ1n) is 8.35. The van der Waals surface area contributed by atoms with E-state index in [1.54, 1.807) is 34.3 Å². The fourth-order valence-corrected chi connectivity index (χ4v) is 3.43. The summed E-state index contributed by atoms with van der Waals surface area (Å²) in [5.41, 5.74) is 2.45. The Bertz CT molecular complexity index is 783. The molecule has 1 N–H and O–H groups in total. The van der Waals surface area contributed by atoms with Crippen molar-refractivity contribution in [2.45, 2.75) is 12.5 Å². The molecule has 6 nitrogen and oxygen atoms in total. The van der Waals surface area contributed by atoms with Crippen molar-refractivity contribution >= 4 is 23.1 Å². The smallest absolute Gasteiger partial charge is 0.324 e. The van der Waals surface area contributed by atoms with Gasteiger partial charge in [0, 0.05) is 38.1 Å². The molecular formula is C18H19FN4O2. The number of rotatable bonds is 1. The predicted molar refractivity (Wildman–Crippen MR) is 92.6 cm³/mol. The van der Waals surface area contributed by atoms with E-state index in [-0.39, 0.29) is 11.8 Å². The van der Waals surface area contributed by atoms with Crippen LogP contribution in [0.3, 0.4) is 0 Å². The molecule has 0 saturated carbocycles. The van der Waals surface area contributed by atoms with E-state index in [1.807, 2.05) is 11.0 Å². The van der Waals surface area contributed by atoms with Crippen molar-refractivity contribution in [3.8, 4) is 0 Å². The first-order chi connectivity index (χ1) is 12.1. The normalized spacial score (nSPS) is 19.9. The van der Waals surface area contributed by atoms with Crippen molar-refractivity contribution in [2.24, 2.45) is 0 Å². The Balaban J connectivity index is 1.65. The van der Waals surface area contributed by atoms with Gasteiger partial charge in [0.2, 0.25) is 0 Å². The summed E-state index contributed by atoms with van der Waals surface area (Å²) in [7, 11) is 0. The standard InChI is InChI=1S/C18H19FN4O2/c19-13-1-3-14(4-2-13)22-9-10-23(16-5-7-20-11-17(16)22)18(25)21-8-6-15(24)12-21/h1-5,7,11,15,24H,6,8-10,12H2. The summed E-state index contributed by atoms with van der Waals surface area (Å²) >= 11 is 0. The predicted octanol–water partition coefficient (Wildman–Crippen LogP) is 2.37. The summed E-state index contributed by atoms with van der Waals surface area (Å²) in [6.07, 6.45) is 3.55. The zero-order valence-corrected chi connectivity index (χ0v) is 13.7. The Labute approximate surface area is 145 Å². The van der Waals surface area contributed by atoms with E-state index in [2.05, 4.69) is 4.98 Å². The third kappa shape index (κ3) is 2.91. The van der Waals surface area contributed by atoms with E-state index in [1.165, 1.54) is 12.1 Å². The summed E-state index contributed by atoms with van der Waals surface area (Å²) in [4.78, 5) is 22.5. The number of pyridine rings is 1. The maximum absolute atomic E-state index is 13.2. The maximum atomic E-state index is 13.2. The number of hydrogen-bond donors (Lipinski definition) is 1. The van der Waals surface area contributed by atoms with Crippen LogP contribution in [0.2, 0.25) is 0 Å². The highest BCUT2D eigenvalue weighted by atomic mass is 19.1. The van der Waals surface area contributed by atoms with Crippen molar-refractivity contribution in [1.82, 2.24) is 9.88 Å². The minimum absolute atomic E-state index is 0.0947. The molecule has 2 aliphatic rings. The minimum Gasteiger partial charge on any atom is -0.391 e. The van der Waals surface area contributed by atoms with Gasteiger partial charge in [-0.3, -0.25) is 9.88 Å². The van der Waals surface area contributed by atoms with Crippen LogP contribution in [0, 0.1) is 5.82 Å². The molecule has 1 saturated heterocycles. The van der Waals surface area contributed by atoms with Crippen molar-refractivity contribution in [2.75, 3.05) is 36.0 Å². The van der Waals surface area contributed by atoms with Gasteiger partial charge >= 0.3 is 6.03 Å². The Morgan fingerprint density at radius 1 is 1.12 bits per heavy atom. The molecule has 7 heteroatoms. The highest BCUT2D eigenvalue weighted by molar-refractivity contribution is 5.97. The number of urea groups is 1. The van der Waals surface area contributed by atoms with Gasteiger partial charge in [0.15, 0.2) is 0 Å². The first-order valence-corrected chi connectivity index (χ1v) is 8.35. The van der Waals surface area contributed by atoms with Crippen LogP contribution in [0.25, 0.3) is 0 Å². The molecule has 1 aromatic heterocycles. The second-order valence-corrected chi connectivity index (χ2v) is 6.32. The molecule has 1 aromatic carbocycles. The SMILES string of the molecule is O=C(N1CCC(O)C1)N1CCN(c2ccc(F)cc2)c2cnccc21. The molecule has 2 aromatic rings. The molecule has 1 unspecified atom stereocenters. The molecule has 0 spiro atoms. The zero-order chi connectivity index (χ0) is 17.4. The Morgan fingerprint density at radius 3 is 2.64 bits per heavy atom. The molecule has 3 heterocycles. The number of anilines is 3. The van der Waals surface area contributed by atoms with Gasteiger partial charge in [-0.25, -0.2) is 9.18 Å². The topological polar surface area (TPSA) is 59.9 Å². The minimum atomic E-state index is -0.443. The number of carbonyl (C=O) groups is 1. The van der Waals surface area contributed by atoms with Crippen LogP contribution in [0.4, 0.5) is 26.2 Å². The van der Waals surface area contributed by atoms with Gasteiger partial charge in [-0.15, -0.1) is 0 Å². The molecule has 1 fully saturated rings. The van der Waals surface area contributed by atoms with Gasteiger partial charge in [-0.1, -0.05) is 0 Å². The lowest BCUT2D eigenvalue weighted by molar-refractivity contribution is 0.174. The largest absolute Gasteiger partial charge is 0.391 e. The van der Waals surface area contributed by atoms with Crippen LogP contribution in [-0.2, 0) is 0 Å². The molecule has 130 valence electrons. The average Bonchev–Trinajstić information content (AvgIpc) is 3.07. The van der Waals surface area contributed by atoms with Gasteiger partial charge in [-0.2, -0.15) is 0 Å². The number of aliphatic hydroxyl groups excluding tert-OH is 1. The van der Waals surface area contributed by atoms with E-state index in [0.29, 0.717) is 32.6 Å². The lowest BCUT2D eigenvalue weighted by Gasteiger charge is -2.38. The number of amides is 2. The third-order valence-electron chi connectivity index (χ3n) is 4.71. The Kier molecular flexibility index (Phi) is 4.01. The van der Waals surface area contributed by atoms with E-state index < -0.39 is 6.10 Å². The second-order valence-electron chi connectivity index (χ2n) is 6.32. The van der Waals surface area contributed by atoms with Crippen LogP contribution in [-0.4, -0.2) is 53.3 Å². The van der Waals surface area contributed by atoms with E-state index in [4.69, 9.17) is 0 Å². The molecule has 1 atom stereocenters. The molecular weight excluding hydrogens is 323 g/mol. The van der Waals surface area contributed by atoms with Crippen LogP contribution in [0.1, 0.15) is 6.42 Å². The number of benzene rings is 1. The van der Waals surface area contributed by atoms with E-state index >= 15 is 0 Å². The molecule has 0 radical (unpaired) electrons. The van der Waals surface area contributed by atoms with Gasteiger partial charge in [0.25, 0.3) is 0 Å². The van der Waals surface area contributed by atoms with Crippen LogP contribution in [0.15, 0.2) is 42.7 Å². The molecule has 25 heavy (non-hydrogen) atoms. The van der Waals surface area contributed by atoms with E-state index in [0.717, 1.165) is 17.1 Å². The number of nitrogens with zero attached hydrogens (tertiary/aromatic N) is 4. The van der Waals surface area contributed by atoms with Gasteiger partial charge < -0.3 is 14.9 Å². The van der Waals surface area contributed by atoms with Crippen molar-refractivity contribution in [3.05, 3.63) is 48.5 Å². The molecule has 2 amide bonds. The van der Waals surface area contributed by atoms with Crippen molar-refractivity contribution < 1.29 is 14.3 Å². The lowest BCUT2D eigenvalue weighted by Crippen LogP contribution is -2.48. The summed E-state index contributed by atoms with van der Waals surface area (Å²) in [6.45, 7) is 2.04. The number of likely N-dealkylation sites (tertiary alicyclic amines) is 1. The molecule has 4 rings (SSSR count). The second kappa shape index (κ2) is 6.33. The number of β-amino-alcohol motifs (C(OH)–C–C–N with tert-alkyl or cyclic N) is 1. The number of fused-ring (bicyclic) bond motifs is 1. The number of halogens is 1. The number of aliphatic hydroxyl groups is 1. The quantitative estimate of drug-likeness (QED) is 0.864. The van der Waals surface area contributed by atoms with E-state index in [9.17, 15) is 14.3 Å². The number of aromatic nitrogens is 1. The maximum Gasteiger partial charge on any atom is 0.324 e. The van der Waals surface area contributed by atoms with Gasteiger partial charge in [-0.05, 0) is 36.8 Å².